The van der Waals surface area contributed by atoms with E-state index in [1.165, 1.54) is 6.07 Å². The maximum atomic E-state index is 13.5. The van der Waals surface area contributed by atoms with Crippen LogP contribution in [0.3, 0.4) is 0 Å². The summed E-state index contributed by atoms with van der Waals surface area (Å²) in [5, 5.41) is 22.3. The molecule has 0 heterocycles. The lowest BCUT2D eigenvalue weighted by Gasteiger charge is -2.32. The number of benzene rings is 1. The Morgan fingerprint density at radius 2 is 1.89 bits per heavy atom. The summed E-state index contributed by atoms with van der Waals surface area (Å²) in [7, 11) is 0. The summed E-state index contributed by atoms with van der Waals surface area (Å²) in [6, 6.07) is 6.30. The predicted octanol–water partition coefficient (Wildman–Crippen LogP) is 2.25. The fraction of sp³-hybridized carbons (Fsp3) is 0.600. The van der Waals surface area contributed by atoms with Crippen LogP contribution in [-0.4, -0.2) is 29.4 Å². The fourth-order valence-electron chi connectivity index (χ4n) is 2.08. The summed E-state index contributed by atoms with van der Waals surface area (Å²) in [5.41, 5.74) is 0.268. The van der Waals surface area contributed by atoms with Gasteiger partial charge in [-0.25, -0.2) is 4.39 Å². The van der Waals surface area contributed by atoms with E-state index >= 15 is 0 Å². The number of aliphatic hydroxyl groups excluding tert-OH is 2. The van der Waals surface area contributed by atoms with Gasteiger partial charge in [0.25, 0.3) is 0 Å². The first-order valence-corrected chi connectivity index (χ1v) is 6.63. The first kappa shape index (κ1) is 16.1. The highest BCUT2D eigenvalue weighted by molar-refractivity contribution is 5.20. The molecule has 0 amide bonds. The van der Waals surface area contributed by atoms with Gasteiger partial charge in [0.2, 0.25) is 0 Å². The molecule has 2 atom stereocenters. The van der Waals surface area contributed by atoms with Crippen LogP contribution in [-0.2, 0) is 0 Å². The van der Waals surface area contributed by atoms with E-state index in [2.05, 4.69) is 26.1 Å². The molecule has 0 bridgehead atoms. The van der Waals surface area contributed by atoms with Crippen molar-refractivity contribution in [3.05, 3.63) is 35.6 Å². The molecule has 0 spiro atoms. The number of hydrogen-bond donors (Lipinski definition) is 3. The lowest BCUT2D eigenvalue weighted by molar-refractivity contribution is 0.139. The van der Waals surface area contributed by atoms with E-state index < -0.39 is 11.9 Å². The minimum Gasteiger partial charge on any atom is -0.396 e. The molecule has 4 heteroatoms. The number of nitrogens with one attached hydrogen (secondary N) is 1. The Bertz CT molecular complexity index is 390. The Morgan fingerprint density at radius 3 is 2.42 bits per heavy atom. The molecule has 3 nitrogen and oxygen atoms in total. The number of hydrogen-bond acceptors (Lipinski definition) is 3. The van der Waals surface area contributed by atoms with Crippen LogP contribution in [0.5, 0.6) is 0 Å². The lowest BCUT2D eigenvalue weighted by atomic mass is 9.85. The van der Waals surface area contributed by atoms with Gasteiger partial charge < -0.3 is 15.5 Å². The maximum Gasteiger partial charge on any atom is 0.129 e. The van der Waals surface area contributed by atoms with Crippen LogP contribution in [0.15, 0.2) is 24.3 Å². The van der Waals surface area contributed by atoms with Crippen molar-refractivity contribution in [2.45, 2.75) is 39.3 Å². The molecule has 19 heavy (non-hydrogen) atoms. The van der Waals surface area contributed by atoms with Crippen LogP contribution in [0.2, 0.25) is 0 Å². The summed E-state index contributed by atoms with van der Waals surface area (Å²) in [4.78, 5) is 0. The number of halogens is 1. The zero-order valence-corrected chi connectivity index (χ0v) is 11.9. The minimum absolute atomic E-state index is 0.0301. The summed E-state index contributed by atoms with van der Waals surface area (Å²) in [5.74, 6) is -0.397. The Balaban J connectivity index is 2.62. The van der Waals surface area contributed by atoms with Gasteiger partial charge in [0.15, 0.2) is 0 Å². The molecule has 0 aromatic heterocycles. The topological polar surface area (TPSA) is 52.5 Å². The molecule has 0 aliphatic rings. The second kappa shape index (κ2) is 6.98. The molecule has 0 aliphatic heterocycles. The quantitative estimate of drug-likeness (QED) is 0.742. The summed E-state index contributed by atoms with van der Waals surface area (Å²) < 4.78 is 13.5. The zero-order valence-electron chi connectivity index (χ0n) is 11.9. The molecule has 0 radical (unpaired) electrons. The molecule has 108 valence electrons. The Labute approximate surface area is 114 Å². The van der Waals surface area contributed by atoms with Crippen molar-refractivity contribution in [3.63, 3.8) is 0 Å². The van der Waals surface area contributed by atoms with E-state index in [1.54, 1.807) is 18.2 Å². The molecule has 1 rings (SSSR count). The number of rotatable bonds is 6. The summed E-state index contributed by atoms with van der Waals surface area (Å²) in [6.45, 7) is 6.55. The predicted molar refractivity (Wildman–Crippen MR) is 74.3 cm³/mol. The van der Waals surface area contributed by atoms with E-state index in [-0.39, 0.29) is 24.6 Å². The highest BCUT2D eigenvalue weighted by Gasteiger charge is 2.24. The third-order valence-electron chi connectivity index (χ3n) is 3.28. The van der Waals surface area contributed by atoms with Gasteiger partial charge in [-0.05, 0) is 17.9 Å². The van der Waals surface area contributed by atoms with Crippen molar-refractivity contribution < 1.29 is 14.6 Å². The van der Waals surface area contributed by atoms with Gasteiger partial charge in [0.05, 0.1) is 6.10 Å². The van der Waals surface area contributed by atoms with Crippen LogP contribution >= 0.6 is 0 Å². The van der Waals surface area contributed by atoms with Crippen LogP contribution in [0.25, 0.3) is 0 Å². The Kier molecular flexibility index (Phi) is 5.91. The van der Waals surface area contributed by atoms with Gasteiger partial charge in [-0.1, -0.05) is 39.0 Å². The van der Waals surface area contributed by atoms with Crippen molar-refractivity contribution in [2.75, 3.05) is 13.2 Å². The molecule has 0 fully saturated rings. The zero-order chi connectivity index (χ0) is 14.5. The van der Waals surface area contributed by atoms with E-state index in [0.29, 0.717) is 12.0 Å². The van der Waals surface area contributed by atoms with Crippen molar-refractivity contribution in [3.8, 4) is 0 Å². The standard InChI is InChI=1S/C15H24FNO2/c1-15(2,3)14(8-9-18)17-10-13(19)11-6-4-5-7-12(11)16/h4-7,13-14,17-19H,8-10H2,1-3H3. The average molecular weight is 269 g/mol. The summed E-state index contributed by atoms with van der Waals surface area (Å²) in [6.07, 6.45) is -0.280. The lowest BCUT2D eigenvalue weighted by Crippen LogP contribution is -2.42. The molecule has 1 aromatic rings. The highest BCUT2D eigenvalue weighted by Crippen LogP contribution is 2.23. The third kappa shape index (κ3) is 4.90. The normalized spacial score (nSPS) is 15.3. The monoisotopic (exact) mass is 269 g/mol. The average Bonchev–Trinajstić information content (AvgIpc) is 2.33. The van der Waals surface area contributed by atoms with E-state index in [1.807, 2.05) is 0 Å². The van der Waals surface area contributed by atoms with Crippen molar-refractivity contribution in [1.29, 1.82) is 0 Å². The van der Waals surface area contributed by atoms with Crippen LogP contribution in [0, 0.1) is 11.2 Å². The second-order valence-electron chi connectivity index (χ2n) is 5.88. The highest BCUT2D eigenvalue weighted by atomic mass is 19.1. The molecular weight excluding hydrogens is 245 g/mol. The minimum atomic E-state index is -0.884. The van der Waals surface area contributed by atoms with Gasteiger partial charge >= 0.3 is 0 Å². The molecule has 2 unspecified atom stereocenters. The third-order valence-corrected chi connectivity index (χ3v) is 3.28. The van der Waals surface area contributed by atoms with Crippen LogP contribution in [0.4, 0.5) is 4.39 Å². The van der Waals surface area contributed by atoms with Gasteiger partial charge in [-0.2, -0.15) is 0 Å². The Hall–Kier alpha value is -0.970. The van der Waals surface area contributed by atoms with Crippen molar-refractivity contribution >= 4 is 0 Å². The molecule has 3 N–H and O–H groups in total. The van der Waals surface area contributed by atoms with Gasteiger partial charge in [0.1, 0.15) is 5.82 Å². The SMILES string of the molecule is CC(C)(C)C(CCO)NCC(O)c1ccccc1F. The largest absolute Gasteiger partial charge is 0.396 e. The maximum absolute atomic E-state index is 13.5. The van der Waals surface area contributed by atoms with Crippen molar-refractivity contribution in [1.82, 2.24) is 5.32 Å². The Morgan fingerprint density at radius 1 is 1.26 bits per heavy atom. The van der Waals surface area contributed by atoms with E-state index in [4.69, 9.17) is 5.11 Å². The molecule has 0 saturated heterocycles. The molecular formula is C15H24FNO2. The van der Waals surface area contributed by atoms with Gasteiger partial charge in [-0.3, -0.25) is 0 Å². The molecule has 0 aliphatic carbocycles. The fourth-order valence-corrected chi connectivity index (χ4v) is 2.08. The number of aliphatic hydroxyl groups is 2. The van der Waals surface area contributed by atoms with Gasteiger partial charge in [0, 0.05) is 24.8 Å². The molecule has 0 saturated carbocycles. The first-order chi connectivity index (χ1) is 8.86. The smallest absolute Gasteiger partial charge is 0.129 e. The van der Waals surface area contributed by atoms with E-state index in [0.717, 1.165) is 0 Å². The van der Waals surface area contributed by atoms with Crippen LogP contribution in [0.1, 0.15) is 38.9 Å². The van der Waals surface area contributed by atoms with Crippen molar-refractivity contribution in [2.24, 2.45) is 5.41 Å². The molecule has 1 aromatic carbocycles. The van der Waals surface area contributed by atoms with E-state index in [9.17, 15) is 9.50 Å². The summed E-state index contributed by atoms with van der Waals surface area (Å²) >= 11 is 0. The first-order valence-electron chi connectivity index (χ1n) is 6.63. The second-order valence-corrected chi connectivity index (χ2v) is 5.88. The van der Waals surface area contributed by atoms with Gasteiger partial charge in [-0.15, -0.1) is 0 Å². The van der Waals surface area contributed by atoms with Crippen LogP contribution < -0.4 is 5.32 Å².